The molecule has 1 aliphatic heterocycles. The summed E-state index contributed by atoms with van der Waals surface area (Å²) in [6.07, 6.45) is 6.69. The fourth-order valence-corrected chi connectivity index (χ4v) is 3.03. The number of hydrogen-bond donors (Lipinski definition) is 0. The van der Waals surface area contributed by atoms with Gasteiger partial charge in [0.25, 0.3) is 0 Å². The Bertz CT molecular complexity index is 886. The molecule has 0 radical (unpaired) electrons. The summed E-state index contributed by atoms with van der Waals surface area (Å²) in [5, 5.41) is 13.7. The van der Waals surface area contributed by atoms with Gasteiger partial charge in [-0.3, -0.25) is 0 Å². The second-order valence-corrected chi connectivity index (χ2v) is 7.68. The van der Waals surface area contributed by atoms with Gasteiger partial charge in [-0.25, -0.2) is 0 Å². The maximum atomic E-state index is 4.87. The highest BCUT2D eigenvalue weighted by Gasteiger charge is 2.35. The van der Waals surface area contributed by atoms with E-state index < -0.39 is 0 Å². The normalized spacial score (nSPS) is 16.6. The maximum absolute atomic E-state index is 4.87. The van der Waals surface area contributed by atoms with Crippen LogP contribution in [0.15, 0.2) is 64.7 Å². The maximum Gasteiger partial charge on any atom is 0.184 e. The van der Waals surface area contributed by atoms with Crippen molar-refractivity contribution in [3.63, 3.8) is 0 Å². The van der Waals surface area contributed by atoms with Crippen molar-refractivity contribution in [2.24, 2.45) is 5.10 Å². The summed E-state index contributed by atoms with van der Waals surface area (Å²) in [7, 11) is 0. The number of nitrogens with zero attached hydrogens (tertiary/aromatic N) is 4. The summed E-state index contributed by atoms with van der Waals surface area (Å²) < 4.78 is 2.68. The number of rotatable bonds is 4. The van der Waals surface area contributed by atoms with Crippen LogP contribution in [0.2, 0.25) is 0 Å². The number of aromatic nitrogens is 3. The van der Waals surface area contributed by atoms with Crippen molar-refractivity contribution in [1.29, 1.82) is 0 Å². The highest BCUT2D eigenvalue weighted by molar-refractivity contribution is 9.11. The highest BCUT2D eigenvalue weighted by Crippen LogP contribution is 2.33. The zero-order chi connectivity index (χ0) is 18.0. The van der Waals surface area contributed by atoms with Crippen LogP contribution < -0.4 is 0 Å². The van der Waals surface area contributed by atoms with Crippen molar-refractivity contribution in [2.75, 3.05) is 0 Å². The lowest BCUT2D eigenvalue weighted by atomic mass is 9.83. The molecule has 0 bridgehead atoms. The Morgan fingerprint density at radius 3 is 2.56 bits per heavy atom. The van der Waals surface area contributed by atoms with Crippen molar-refractivity contribution in [2.45, 2.75) is 32.6 Å². The molecule has 0 spiro atoms. The molecule has 0 atom stereocenters. The molecule has 0 saturated heterocycles. The van der Waals surface area contributed by atoms with Gasteiger partial charge in [0.1, 0.15) is 0 Å². The van der Waals surface area contributed by atoms with Crippen molar-refractivity contribution in [3.8, 4) is 0 Å². The van der Waals surface area contributed by atoms with E-state index in [1.165, 1.54) is 0 Å². The molecule has 1 aliphatic rings. The number of hydrogen-bond acceptors (Lipinski definition) is 3. The quantitative estimate of drug-likeness (QED) is 0.676. The van der Waals surface area contributed by atoms with Gasteiger partial charge in [-0.15, -0.1) is 10.2 Å². The monoisotopic (exact) mass is 396 g/mol. The molecule has 1 aromatic heterocycles. The second-order valence-electron chi connectivity index (χ2n) is 6.66. The van der Waals surface area contributed by atoms with Crippen molar-refractivity contribution in [3.05, 3.63) is 76.8 Å². The highest BCUT2D eigenvalue weighted by atomic mass is 79.9. The topological polar surface area (TPSA) is 43.1 Å². The van der Waals surface area contributed by atoms with E-state index in [0.717, 1.165) is 39.4 Å². The Labute approximate surface area is 156 Å². The van der Waals surface area contributed by atoms with Crippen molar-refractivity contribution >= 4 is 27.2 Å². The molecule has 3 rings (SSSR count). The molecule has 0 N–H and O–H groups in total. The van der Waals surface area contributed by atoms with E-state index in [2.05, 4.69) is 58.7 Å². The Balaban J connectivity index is 2.12. The average molecular weight is 397 g/mol. The second kappa shape index (κ2) is 6.92. The molecular weight excluding hydrogens is 376 g/mol. The van der Waals surface area contributed by atoms with Crippen LogP contribution >= 0.6 is 15.9 Å². The molecule has 0 unspecified atom stereocenters. The summed E-state index contributed by atoms with van der Waals surface area (Å²) in [4.78, 5) is 0. The Kier molecular flexibility index (Phi) is 4.86. The lowest BCUT2D eigenvalue weighted by molar-refractivity contribution is 0.467. The summed E-state index contributed by atoms with van der Waals surface area (Å²) in [5.41, 5.74) is 2.99. The van der Waals surface area contributed by atoms with Crippen LogP contribution in [0.1, 0.15) is 44.4 Å². The standard InChI is InChI=1S/C20H21BrN4/c1-5-15(12-11-14(2)21)18-22-23-19-20(3,4)13-17(24-25(18)19)16-9-7-6-8-10-16/h5-12H,2,13H2,1,3-4H3/b12-11-,15-5?. The van der Waals surface area contributed by atoms with Gasteiger partial charge in [0.2, 0.25) is 0 Å². The zero-order valence-corrected chi connectivity index (χ0v) is 16.3. The molecule has 128 valence electrons. The minimum Gasteiger partial charge on any atom is -0.196 e. The molecule has 2 aromatic rings. The minimum absolute atomic E-state index is 0.139. The summed E-state index contributed by atoms with van der Waals surface area (Å²) >= 11 is 3.35. The molecule has 0 amide bonds. The molecule has 5 heteroatoms. The van der Waals surface area contributed by atoms with Crippen LogP contribution in [0.5, 0.6) is 0 Å². The number of benzene rings is 1. The van der Waals surface area contributed by atoms with E-state index >= 15 is 0 Å². The van der Waals surface area contributed by atoms with Gasteiger partial charge in [0, 0.05) is 21.9 Å². The third-order valence-electron chi connectivity index (χ3n) is 4.20. The minimum atomic E-state index is -0.139. The van der Waals surface area contributed by atoms with Crippen molar-refractivity contribution in [1.82, 2.24) is 14.9 Å². The Hall–Kier alpha value is -2.27. The summed E-state index contributed by atoms with van der Waals surface area (Å²) in [5.74, 6) is 1.62. The first-order chi connectivity index (χ1) is 11.9. The fraction of sp³-hybridized carbons (Fsp3) is 0.250. The van der Waals surface area contributed by atoms with E-state index in [1.54, 1.807) is 0 Å². The van der Waals surface area contributed by atoms with E-state index in [0.29, 0.717) is 0 Å². The van der Waals surface area contributed by atoms with Crippen molar-refractivity contribution < 1.29 is 0 Å². The SMILES string of the molecule is C=C(Br)/C=C\C(=CC)c1nnc2n1N=C(c1ccccc1)CC2(C)C. The van der Waals surface area contributed by atoms with Gasteiger partial charge >= 0.3 is 0 Å². The van der Waals surface area contributed by atoms with Gasteiger partial charge in [0.05, 0.1) is 5.71 Å². The van der Waals surface area contributed by atoms with Gasteiger partial charge in [-0.1, -0.05) is 78.8 Å². The molecule has 0 aliphatic carbocycles. The largest absolute Gasteiger partial charge is 0.196 e. The van der Waals surface area contributed by atoms with Gasteiger partial charge in [-0.05, 0) is 18.6 Å². The lowest BCUT2D eigenvalue weighted by Crippen LogP contribution is -2.31. The van der Waals surface area contributed by atoms with Crippen LogP contribution in [0, 0.1) is 0 Å². The first kappa shape index (κ1) is 17.5. The summed E-state index contributed by atoms with van der Waals surface area (Å²) in [6.45, 7) is 10.2. The average Bonchev–Trinajstić information content (AvgIpc) is 3.01. The fourth-order valence-electron chi connectivity index (χ4n) is 2.90. The Morgan fingerprint density at radius 1 is 1.20 bits per heavy atom. The number of fused-ring (bicyclic) bond motifs is 1. The van der Waals surface area contributed by atoms with Crippen LogP contribution in [0.25, 0.3) is 5.57 Å². The van der Waals surface area contributed by atoms with Crippen LogP contribution in [-0.4, -0.2) is 20.6 Å². The van der Waals surface area contributed by atoms with Gasteiger partial charge in [-0.2, -0.15) is 9.78 Å². The molecule has 1 aromatic carbocycles. The van der Waals surface area contributed by atoms with E-state index in [-0.39, 0.29) is 5.41 Å². The molecule has 0 fully saturated rings. The number of allylic oxidation sites excluding steroid dienone is 5. The van der Waals surface area contributed by atoms with Crippen LogP contribution in [0.3, 0.4) is 0 Å². The smallest absolute Gasteiger partial charge is 0.184 e. The first-order valence-corrected chi connectivity index (χ1v) is 9.00. The number of halogens is 1. The van der Waals surface area contributed by atoms with Gasteiger partial charge in [0.15, 0.2) is 11.6 Å². The molecular formula is C20H21BrN4. The van der Waals surface area contributed by atoms with E-state index in [4.69, 9.17) is 5.10 Å². The van der Waals surface area contributed by atoms with E-state index in [9.17, 15) is 0 Å². The third-order valence-corrected chi connectivity index (χ3v) is 4.46. The van der Waals surface area contributed by atoms with E-state index in [1.807, 2.05) is 48.0 Å². The lowest BCUT2D eigenvalue weighted by Gasteiger charge is -2.28. The van der Waals surface area contributed by atoms with Crippen LogP contribution in [0.4, 0.5) is 0 Å². The predicted molar refractivity (Wildman–Crippen MR) is 107 cm³/mol. The summed E-state index contributed by atoms with van der Waals surface area (Å²) in [6, 6.07) is 10.3. The molecule has 0 saturated carbocycles. The molecule has 25 heavy (non-hydrogen) atoms. The first-order valence-electron chi connectivity index (χ1n) is 8.21. The zero-order valence-electron chi connectivity index (χ0n) is 14.7. The Morgan fingerprint density at radius 2 is 1.92 bits per heavy atom. The van der Waals surface area contributed by atoms with Gasteiger partial charge < -0.3 is 0 Å². The molecule has 2 heterocycles. The van der Waals surface area contributed by atoms with Crippen LogP contribution in [-0.2, 0) is 5.41 Å². The third kappa shape index (κ3) is 3.56. The molecule has 4 nitrogen and oxygen atoms in total. The predicted octanol–water partition coefficient (Wildman–Crippen LogP) is 5.08.